The molecule has 0 heterocycles. The Hall–Kier alpha value is -0.450. The maximum absolute atomic E-state index is 5.54. The fourth-order valence-electron chi connectivity index (χ4n) is 0.437. The topological polar surface area (TPSA) is 0 Å². The first-order chi connectivity index (χ1) is 3.39. The van der Waals surface area contributed by atoms with E-state index in [1.54, 1.807) is 0 Å². The summed E-state index contributed by atoms with van der Waals surface area (Å²) in [5.41, 5.74) is 2.85. The normalized spacial score (nSPS) is 17.0. The molecule has 1 heteroatoms. The minimum absolute atomic E-state index is 0.794. The lowest BCUT2D eigenvalue weighted by atomic mass is 10.3. The first-order valence-electron chi connectivity index (χ1n) is 2.16. The highest BCUT2D eigenvalue weighted by Gasteiger charge is 1.85. The van der Waals surface area contributed by atoms with E-state index in [1.807, 2.05) is 18.2 Å². The molecule has 0 unspecified atom stereocenters. The van der Waals surface area contributed by atoms with Crippen molar-refractivity contribution in [3.8, 4) is 0 Å². The van der Waals surface area contributed by atoms with E-state index in [1.165, 1.54) is 0 Å². The van der Waals surface area contributed by atoms with Crippen molar-refractivity contribution >= 4 is 11.6 Å². The summed E-state index contributed by atoms with van der Waals surface area (Å²) in [4.78, 5) is 0. The van der Waals surface area contributed by atoms with Crippen LogP contribution in [0.15, 0.2) is 29.0 Å². The third-order valence-corrected chi connectivity index (χ3v) is 1.03. The van der Waals surface area contributed by atoms with Crippen LogP contribution in [-0.2, 0) is 0 Å². The molecule has 0 saturated carbocycles. The van der Waals surface area contributed by atoms with E-state index in [0.717, 1.165) is 11.5 Å². The molecule has 0 bridgehead atoms. The Kier molecular flexibility index (Phi) is 1.35. The van der Waals surface area contributed by atoms with Gasteiger partial charge in [-0.1, -0.05) is 23.8 Å². The summed E-state index contributed by atoms with van der Waals surface area (Å²) in [7, 11) is 0. The molecular formula is C6H5Cl. The first-order valence-corrected chi connectivity index (χ1v) is 2.53. The third-order valence-electron chi connectivity index (χ3n) is 0.769. The van der Waals surface area contributed by atoms with Crippen LogP contribution in [0.25, 0.3) is 0 Å². The van der Waals surface area contributed by atoms with Gasteiger partial charge in [0.05, 0.1) is 5.03 Å². The van der Waals surface area contributed by atoms with Gasteiger partial charge in [-0.3, -0.25) is 0 Å². The van der Waals surface area contributed by atoms with Crippen molar-refractivity contribution in [1.82, 2.24) is 0 Å². The monoisotopic (exact) mass is 112 g/mol. The minimum atomic E-state index is 0.794. The number of hydrogen-bond donors (Lipinski definition) is 0. The highest BCUT2D eigenvalue weighted by molar-refractivity contribution is 6.29. The molecule has 0 aliphatic heterocycles. The molecule has 0 aromatic carbocycles. The summed E-state index contributed by atoms with van der Waals surface area (Å²) in [6, 6.07) is 0. The van der Waals surface area contributed by atoms with Gasteiger partial charge < -0.3 is 0 Å². The Morgan fingerprint density at radius 1 is 1.71 bits per heavy atom. The van der Waals surface area contributed by atoms with Crippen LogP contribution in [0.4, 0.5) is 0 Å². The average Bonchev–Trinajstić information content (AvgIpc) is 1.69. The molecule has 0 amide bonds. The number of rotatable bonds is 0. The zero-order valence-corrected chi connectivity index (χ0v) is 4.57. The van der Waals surface area contributed by atoms with Crippen molar-refractivity contribution in [1.29, 1.82) is 0 Å². The van der Waals surface area contributed by atoms with Crippen molar-refractivity contribution in [2.75, 3.05) is 0 Å². The van der Waals surface area contributed by atoms with Crippen molar-refractivity contribution in [3.05, 3.63) is 29.0 Å². The lowest BCUT2D eigenvalue weighted by molar-refractivity contribution is 1.34. The third kappa shape index (κ3) is 1.23. The van der Waals surface area contributed by atoms with Gasteiger partial charge in [0, 0.05) is 6.42 Å². The van der Waals surface area contributed by atoms with Crippen LogP contribution >= 0.6 is 11.6 Å². The second-order valence-electron chi connectivity index (χ2n) is 1.35. The Morgan fingerprint density at radius 3 is 2.86 bits per heavy atom. The van der Waals surface area contributed by atoms with Crippen molar-refractivity contribution in [2.24, 2.45) is 0 Å². The molecule has 7 heavy (non-hydrogen) atoms. The highest BCUT2D eigenvalue weighted by Crippen LogP contribution is 2.08. The van der Waals surface area contributed by atoms with Crippen LogP contribution in [0.1, 0.15) is 6.42 Å². The van der Waals surface area contributed by atoms with E-state index in [9.17, 15) is 0 Å². The second kappa shape index (κ2) is 2.02. The Balaban J connectivity index is 2.84. The number of hydrogen-bond acceptors (Lipinski definition) is 0. The molecule has 0 atom stereocenters. The molecule has 0 nitrogen and oxygen atoms in total. The Morgan fingerprint density at radius 2 is 2.57 bits per heavy atom. The summed E-state index contributed by atoms with van der Waals surface area (Å²) < 4.78 is 0. The molecule has 0 aromatic heterocycles. The summed E-state index contributed by atoms with van der Waals surface area (Å²) in [6.07, 6.45) is 6.59. The average molecular weight is 113 g/mol. The molecule has 0 aromatic rings. The standard InChI is InChI=1S/C6H5Cl/c7-6-4-2-1-3-5-6/h1-3H,4H2. The van der Waals surface area contributed by atoms with Gasteiger partial charge >= 0.3 is 0 Å². The molecule has 0 spiro atoms. The van der Waals surface area contributed by atoms with Gasteiger partial charge in [-0.05, 0) is 6.08 Å². The van der Waals surface area contributed by atoms with Crippen LogP contribution in [0.3, 0.4) is 0 Å². The number of allylic oxidation sites excluding steroid dienone is 3. The summed E-state index contributed by atoms with van der Waals surface area (Å²) in [5.74, 6) is 0. The van der Waals surface area contributed by atoms with Crippen LogP contribution in [0.2, 0.25) is 0 Å². The van der Waals surface area contributed by atoms with Gasteiger partial charge in [-0.15, -0.1) is 5.73 Å². The molecule has 36 valence electrons. The van der Waals surface area contributed by atoms with Gasteiger partial charge in [0.25, 0.3) is 0 Å². The molecule has 0 radical (unpaired) electrons. The summed E-state index contributed by atoms with van der Waals surface area (Å²) in [6.45, 7) is 0. The molecule has 0 fully saturated rings. The van der Waals surface area contributed by atoms with E-state index < -0.39 is 0 Å². The summed E-state index contributed by atoms with van der Waals surface area (Å²) in [5, 5.41) is 0.794. The fourth-order valence-corrected chi connectivity index (χ4v) is 0.589. The highest BCUT2D eigenvalue weighted by atomic mass is 35.5. The largest absolute Gasteiger partial charge is 0.105 e. The molecule has 1 aliphatic rings. The minimum Gasteiger partial charge on any atom is -0.105 e. The zero-order chi connectivity index (χ0) is 5.11. The number of halogens is 1. The fraction of sp³-hybridized carbons (Fsp3) is 0.167. The van der Waals surface area contributed by atoms with E-state index in [0.29, 0.717) is 0 Å². The zero-order valence-electron chi connectivity index (χ0n) is 3.82. The predicted octanol–water partition coefficient (Wildman–Crippen LogP) is 2.22. The van der Waals surface area contributed by atoms with Crippen LogP contribution < -0.4 is 0 Å². The van der Waals surface area contributed by atoms with Crippen molar-refractivity contribution < 1.29 is 0 Å². The van der Waals surface area contributed by atoms with Gasteiger partial charge in [0.2, 0.25) is 0 Å². The molecule has 0 saturated heterocycles. The van der Waals surface area contributed by atoms with Crippen molar-refractivity contribution in [2.45, 2.75) is 6.42 Å². The van der Waals surface area contributed by atoms with E-state index in [4.69, 9.17) is 11.6 Å². The maximum atomic E-state index is 5.54. The molecular weight excluding hydrogens is 108 g/mol. The van der Waals surface area contributed by atoms with Gasteiger partial charge in [0.1, 0.15) is 0 Å². The summed E-state index contributed by atoms with van der Waals surface area (Å²) >= 11 is 5.54. The van der Waals surface area contributed by atoms with E-state index >= 15 is 0 Å². The van der Waals surface area contributed by atoms with E-state index in [-0.39, 0.29) is 0 Å². The molecule has 1 aliphatic carbocycles. The lowest BCUT2D eigenvalue weighted by Gasteiger charge is -1.87. The molecule has 1 rings (SSSR count). The SMILES string of the molecule is ClC1=C=CC=CC1. The quantitative estimate of drug-likeness (QED) is 0.422. The maximum Gasteiger partial charge on any atom is 0.0635 e. The van der Waals surface area contributed by atoms with Gasteiger partial charge in [-0.2, -0.15) is 0 Å². The van der Waals surface area contributed by atoms with Crippen LogP contribution in [0, 0.1) is 0 Å². The Labute approximate surface area is 47.8 Å². The lowest BCUT2D eigenvalue weighted by Crippen LogP contribution is -1.67. The van der Waals surface area contributed by atoms with Gasteiger partial charge in [0.15, 0.2) is 0 Å². The first kappa shape index (κ1) is 4.70. The van der Waals surface area contributed by atoms with Gasteiger partial charge in [-0.25, -0.2) is 0 Å². The van der Waals surface area contributed by atoms with Crippen molar-refractivity contribution in [3.63, 3.8) is 0 Å². The Bertz CT molecular complexity index is 148. The van der Waals surface area contributed by atoms with E-state index in [2.05, 4.69) is 5.73 Å². The van der Waals surface area contributed by atoms with Crippen LogP contribution in [-0.4, -0.2) is 0 Å². The predicted molar refractivity (Wildman–Crippen MR) is 31.2 cm³/mol. The van der Waals surface area contributed by atoms with Crippen LogP contribution in [0.5, 0.6) is 0 Å². The second-order valence-corrected chi connectivity index (χ2v) is 1.80. The molecule has 0 N–H and O–H groups in total. The smallest absolute Gasteiger partial charge is 0.0635 e.